The first-order valence-corrected chi connectivity index (χ1v) is 7.51. The summed E-state index contributed by atoms with van der Waals surface area (Å²) in [6, 6.07) is 5.75. The molecule has 1 N–H and O–H groups in total. The summed E-state index contributed by atoms with van der Waals surface area (Å²) in [4.78, 5) is 15.7. The fraction of sp³-hybridized carbons (Fsp3) is 0.471. The lowest BCUT2D eigenvalue weighted by Gasteiger charge is -2.31. The predicted molar refractivity (Wildman–Crippen MR) is 81.6 cm³/mol. The van der Waals surface area contributed by atoms with E-state index in [1.807, 2.05) is 7.05 Å². The fourth-order valence-electron chi connectivity index (χ4n) is 2.94. The van der Waals surface area contributed by atoms with Gasteiger partial charge < -0.3 is 9.80 Å². The van der Waals surface area contributed by atoms with Crippen molar-refractivity contribution in [1.29, 1.82) is 0 Å². The molecule has 1 atom stereocenters. The Balaban J connectivity index is 2.16. The van der Waals surface area contributed by atoms with Gasteiger partial charge in [-0.05, 0) is 43.5 Å². The minimum Gasteiger partial charge on any atom is -0.339 e. The number of allylic oxidation sites excluding steroid dienone is 1. The minimum absolute atomic E-state index is 0.0677. The van der Waals surface area contributed by atoms with Crippen LogP contribution in [-0.2, 0) is 0 Å². The molecule has 4 heteroatoms. The molecule has 2 rings (SSSR count). The van der Waals surface area contributed by atoms with Crippen LogP contribution in [0.15, 0.2) is 36.0 Å². The molecule has 3 nitrogen and oxygen atoms in total. The monoisotopic (exact) mass is 291 g/mol. The fourth-order valence-corrected chi connectivity index (χ4v) is 2.94. The van der Waals surface area contributed by atoms with Gasteiger partial charge in [-0.2, -0.15) is 0 Å². The number of hydrogen-bond donors (Lipinski definition) is 1. The smallest absolute Gasteiger partial charge is 0.257 e. The van der Waals surface area contributed by atoms with Gasteiger partial charge in [0.2, 0.25) is 0 Å². The molecule has 0 aliphatic heterocycles. The van der Waals surface area contributed by atoms with Gasteiger partial charge in [0.25, 0.3) is 5.91 Å². The Bertz CT molecular complexity index is 522. The molecule has 0 fully saturated rings. The van der Waals surface area contributed by atoms with Crippen molar-refractivity contribution in [1.82, 2.24) is 4.90 Å². The lowest BCUT2D eigenvalue weighted by molar-refractivity contribution is -0.861. The third-order valence-electron chi connectivity index (χ3n) is 3.97. The first-order valence-electron chi connectivity index (χ1n) is 7.51. The number of benzene rings is 1. The Morgan fingerprint density at radius 3 is 2.62 bits per heavy atom. The van der Waals surface area contributed by atoms with E-state index in [1.165, 1.54) is 23.5 Å². The van der Waals surface area contributed by atoms with Crippen molar-refractivity contribution in [2.75, 3.05) is 27.7 Å². The van der Waals surface area contributed by atoms with Gasteiger partial charge in [-0.3, -0.25) is 4.79 Å². The Hall–Kier alpha value is -1.68. The van der Waals surface area contributed by atoms with Crippen molar-refractivity contribution in [2.24, 2.45) is 5.92 Å². The second-order valence-corrected chi connectivity index (χ2v) is 6.04. The molecule has 1 amide bonds. The van der Waals surface area contributed by atoms with E-state index >= 15 is 0 Å². The number of nitrogens with one attached hydrogen (secondary N) is 1. The van der Waals surface area contributed by atoms with Crippen LogP contribution in [0.2, 0.25) is 0 Å². The second kappa shape index (κ2) is 6.85. The Morgan fingerprint density at radius 2 is 2.00 bits per heavy atom. The molecule has 0 bridgehead atoms. The van der Waals surface area contributed by atoms with Crippen LogP contribution in [-0.4, -0.2) is 38.5 Å². The maximum Gasteiger partial charge on any atom is 0.257 e. The summed E-state index contributed by atoms with van der Waals surface area (Å²) in [7, 11) is 6.09. The second-order valence-electron chi connectivity index (χ2n) is 6.04. The standard InChI is InChI=1S/C17H23FN2O/c1-19(2)12-14-6-4-5-7-16(14)20(3)17(21)13-8-10-15(18)11-9-13/h7-11,14H,4-6,12H2,1-3H3/p+1/t14-/m1/s1. The van der Waals surface area contributed by atoms with E-state index in [2.05, 4.69) is 20.2 Å². The number of nitrogens with zero attached hydrogens (tertiary/aromatic N) is 1. The van der Waals surface area contributed by atoms with E-state index in [4.69, 9.17) is 0 Å². The summed E-state index contributed by atoms with van der Waals surface area (Å²) in [5.41, 5.74) is 1.64. The van der Waals surface area contributed by atoms with Gasteiger partial charge >= 0.3 is 0 Å². The number of rotatable bonds is 4. The highest BCUT2D eigenvalue weighted by Crippen LogP contribution is 2.27. The summed E-state index contributed by atoms with van der Waals surface area (Å²) in [6.07, 6.45) is 5.51. The van der Waals surface area contributed by atoms with Crippen LogP contribution in [0, 0.1) is 11.7 Å². The van der Waals surface area contributed by atoms with E-state index < -0.39 is 0 Å². The Morgan fingerprint density at radius 1 is 1.33 bits per heavy atom. The van der Waals surface area contributed by atoms with Crippen LogP contribution >= 0.6 is 0 Å². The topological polar surface area (TPSA) is 24.8 Å². The third kappa shape index (κ3) is 3.91. The van der Waals surface area contributed by atoms with Gasteiger partial charge in [-0.1, -0.05) is 6.08 Å². The first kappa shape index (κ1) is 15.7. The van der Waals surface area contributed by atoms with Crippen molar-refractivity contribution in [2.45, 2.75) is 19.3 Å². The molecule has 0 unspecified atom stereocenters. The number of halogens is 1. The van der Waals surface area contributed by atoms with Crippen molar-refractivity contribution in [3.8, 4) is 0 Å². The van der Waals surface area contributed by atoms with Crippen LogP contribution in [0.1, 0.15) is 29.6 Å². The van der Waals surface area contributed by atoms with Crippen molar-refractivity contribution < 1.29 is 14.1 Å². The van der Waals surface area contributed by atoms with E-state index in [0.29, 0.717) is 11.5 Å². The maximum absolute atomic E-state index is 13.0. The zero-order valence-corrected chi connectivity index (χ0v) is 13.0. The SMILES string of the molecule is CN(C(=O)c1ccc(F)cc1)C1=CCCC[C@@H]1C[NH+](C)C. The highest BCUT2D eigenvalue weighted by Gasteiger charge is 2.26. The quantitative estimate of drug-likeness (QED) is 0.898. The molecule has 114 valence electrons. The zero-order valence-electron chi connectivity index (χ0n) is 13.0. The number of carbonyl (C=O) groups is 1. The normalized spacial score (nSPS) is 18.5. The van der Waals surface area contributed by atoms with Crippen molar-refractivity contribution in [3.05, 3.63) is 47.4 Å². The average molecular weight is 291 g/mol. The first-order chi connectivity index (χ1) is 9.99. The third-order valence-corrected chi connectivity index (χ3v) is 3.97. The predicted octanol–water partition coefficient (Wildman–Crippen LogP) is 1.73. The molecule has 0 saturated heterocycles. The van der Waals surface area contributed by atoms with E-state index in [9.17, 15) is 9.18 Å². The van der Waals surface area contributed by atoms with Gasteiger partial charge in [0.1, 0.15) is 5.82 Å². The molecule has 1 aliphatic rings. The van der Waals surface area contributed by atoms with Gasteiger partial charge in [-0.25, -0.2) is 4.39 Å². The summed E-state index contributed by atoms with van der Waals surface area (Å²) in [5, 5.41) is 0. The molecule has 0 saturated carbocycles. The minimum atomic E-state index is -0.319. The van der Waals surface area contributed by atoms with Gasteiger partial charge in [0, 0.05) is 24.2 Å². The summed E-state index contributed by atoms with van der Waals surface area (Å²) in [6.45, 7) is 1.02. The molecule has 0 heterocycles. The largest absolute Gasteiger partial charge is 0.339 e. The van der Waals surface area contributed by atoms with Crippen molar-refractivity contribution >= 4 is 5.91 Å². The van der Waals surface area contributed by atoms with Crippen LogP contribution in [0.25, 0.3) is 0 Å². The number of carbonyl (C=O) groups excluding carboxylic acids is 1. The average Bonchev–Trinajstić information content (AvgIpc) is 2.46. The van der Waals surface area contributed by atoms with Crippen molar-refractivity contribution in [3.63, 3.8) is 0 Å². The van der Waals surface area contributed by atoms with E-state index in [-0.39, 0.29) is 11.7 Å². The van der Waals surface area contributed by atoms with E-state index in [1.54, 1.807) is 17.0 Å². The van der Waals surface area contributed by atoms with Gasteiger partial charge in [0.15, 0.2) is 0 Å². The Kier molecular flexibility index (Phi) is 5.12. The summed E-state index contributed by atoms with van der Waals surface area (Å²) >= 11 is 0. The Labute approximate surface area is 126 Å². The molecule has 0 aromatic heterocycles. The summed E-state index contributed by atoms with van der Waals surface area (Å²) < 4.78 is 13.0. The molecule has 0 spiro atoms. The summed E-state index contributed by atoms with van der Waals surface area (Å²) in [5.74, 6) is 0.0280. The molecule has 1 aromatic rings. The van der Waals surface area contributed by atoms with Crippen LogP contribution in [0.5, 0.6) is 0 Å². The lowest BCUT2D eigenvalue weighted by Crippen LogP contribution is -3.06. The molecule has 0 radical (unpaired) electrons. The molecule has 1 aliphatic carbocycles. The molecular formula is C17H24FN2O+. The zero-order chi connectivity index (χ0) is 15.4. The highest BCUT2D eigenvalue weighted by molar-refractivity contribution is 5.95. The lowest BCUT2D eigenvalue weighted by atomic mass is 9.91. The maximum atomic E-state index is 13.0. The molecular weight excluding hydrogens is 267 g/mol. The van der Waals surface area contributed by atoms with Crippen LogP contribution < -0.4 is 4.90 Å². The van der Waals surface area contributed by atoms with Gasteiger partial charge in [-0.15, -0.1) is 0 Å². The van der Waals surface area contributed by atoms with E-state index in [0.717, 1.165) is 25.1 Å². The van der Waals surface area contributed by atoms with Crippen LogP contribution in [0.4, 0.5) is 4.39 Å². The number of amides is 1. The molecule has 1 aromatic carbocycles. The highest BCUT2D eigenvalue weighted by atomic mass is 19.1. The molecule has 21 heavy (non-hydrogen) atoms. The number of quaternary nitrogens is 1. The number of hydrogen-bond acceptors (Lipinski definition) is 1. The van der Waals surface area contributed by atoms with Crippen LogP contribution in [0.3, 0.4) is 0 Å². The van der Waals surface area contributed by atoms with Gasteiger partial charge in [0.05, 0.1) is 20.6 Å².